The first kappa shape index (κ1) is 15.7. The highest BCUT2D eigenvalue weighted by atomic mass is 16.5. The molecule has 1 aromatic rings. The first-order valence-corrected chi connectivity index (χ1v) is 6.36. The number of carbonyl (C=O) groups is 2. The fourth-order valence-electron chi connectivity index (χ4n) is 1.49. The number of rotatable bonds is 5. The van der Waals surface area contributed by atoms with Crippen LogP contribution < -0.4 is 5.32 Å². The summed E-state index contributed by atoms with van der Waals surface area (Å²) in [6, 6.07) is 5.77. The largest absolute Gasteiger partial charge is 0.452 e. The number of hydrogen-bond donors (Lipinski definition) is 1. The molecule has 0 heterocycles. The van der Waals surface area contributed by atoms with Crippen LogP contribution in [0.4, 0.5) is 5.69 Å². The summed E-state index contributed by atoms with van der Waals surface area (Å²) in [5, 5.41) is 2.72. The van der Waals surface area contributed by atoms with Crippen LogP contribution in [-0.2, 0) is 14.3 Å². The lowest BCUT2D eigenvalue weighted by Crippen LogP contribution is -2.20. The highest BCUT2D eigenvalue weighted by molar-refractivity contribution is 5.94. The zero-order valence-electron chi connectivity index (χ0n) is 12.0. The van der Waals surface area contributed by atoms with Gasteiger partial charge in [-0.25, -0.2) is 4.79 Å². The maximum absolute atomic E-state index is 11.7. The third kappa shape index (κ3) is 5.52. The maximum atomic E-state index is 11.7. The number of amides is 1. The van der Waals surface area contributed by atoms with Crippen LogP contribution in [0.3, 0.4) is 0 Å². The summed E-state index contributed by atoms with van der Waals surface area (Å²) in [5.74, 6) is -0.898. The molecule has 4 heteroatoms. The van der Waals surface area contributed by atoms with Gasteiger partial charge in [0.05, 0.1) is 0 Å². The average Bonchev–Trinajstić information content (AvgIpc) is 2.41. The van der Waals surface area contributed by atoms with Crippen LogP contribution in [0.2, 0.25) is 0 Å². The molecule has 1 aromatic carbocycles. The topological polar surface area (TPSA) is 55.4 Å². The Kier molecular flexibility index (Phi) is 6.23. The minimum atomic E-state index is -0.542. The summed E-state index contributed by atoms with van der Waals surface area (Å²) in [4.78, 5) is 23.0. The maximum Gasteiger partial charge on any atom is 0.331 e. The Labute approximate surface area is 119 Å². The second kappa shape index (κ2) is 7.94. The first-order chi connectivity index (χ1) is 9.52. The molecule has 20 heavy (non-hydrogen) atoms. The molecule has 1 amide bonds. The summed E-state index contributed by atoms with van der Waals surface area (Å²) in [7, 11) is 0. The van der Waals surface area contributed by atoms with Gasteiger partial charge in [-0.2, -0.15) is 0 Å². The lowest BCUT2D eigenvalue weighted by molar-refractivity contribution is -0.142. The van der Waals surface area contributed by atoms with Crippen LogP contribution in [0, 0.1) is 13.8 Å². The van der Waals surface area contributed by atoms with Crippen molar-refractivity contribution in [3.05, 3.63) is 53.6 Å². The van der Waals surface area contributed by atoms with Crippen LogP contribution in [0.1, 0.15) is 18.1 Å². The molecule has 0 radical (unpaired) electrons. The summed E-state index contributed by atoms with van der Waals surface area (Å²) in [6.45, 7) is 5.39. The highest BCUT2D eigenvalue weighted by Gasteiger charge is 2.07. The van der Waals surface area contributed by atoms with E-state index in [4.69, 9.17) is 4.74 Å². The molecule has 0 fully saturated rings. The lowest BCUT2D eigenvalue weighted by Gasteiger charge is -2.09. The monoisotopic (exact) mass is 273 g/mol. The molecule has 0 saturated heterocycles. The number of hydrogen-bond acceptors (Lipinski definition) is 3. The minimum Gasteiger partial charge on any atom is -0.452 e. The quantitative estimate of drug-likeness (QED) is 0.510. The predicted molar refractivity (Wildman–Crippen MR) is 79.5 cm³/mol. The number of allylic oxidation sites excluding steroid dienone is 3. The molecule has 1 N–H and O–H groups in total. The molecule has 0 bridgehead atoms. The van der Waals surface area contributed by atoms with Gasteiger partial charge in [0.2, 0.25) is 0 Å². The van der Waals surface area contributed by atoms with E-state index in [-0.39, 0.29) is 12.5 Å². The Morgan fingerprint density at radius 3 is 2.70 bits per heavy atom. The number of anilines is 1. The Morgan fingerprint density at radius 2 is 2.00 bits per heavy atom. The number of benzene rings is 1. The van der Waals surface area contributed by atoms with Crippen LogP contribution in [0.25, 0.3) is 0 Å². The number of ether oxygens (including phenoxy) is 1. The van der Waals surface area contributed by atoms with Gasteiger partial charge >= 0.3 is 5.97 Å². The summed E-state index contributed by atoms with van der Waals surface area (Å²) >= 11 is 0. The van der Waals surface area contributed by atoms with Gasteiger partial charge in [-0.05, 0) is 38.0 Å². The average molecular weight is 273 g/mol. The molecular weight excluding hydrogens is 254 g/mol. The Morgan fingerprint density at radius 1 is 1.25 bits per heavy atom. The summed E-state index contributed by atoms with van der Waals surface area (Å²) in [6.07, 6.45) is 6.32. The second-order valence-corrected chi connectivity index (χ2v) is 4.36. The van der Waals surface area contributed by atoms with Crippen molar-refractivity contribution in [3.8, 4) is 0 Å². The molecule has 0 aliphatic rings. The zero-order valence-corrected chi connectivity index (χ0v) is 12.0. The third-order valence-corrected chi connectivity index (χ3v) is 2.55. The van der Waals surface area contributed by atoms with E-state index in [2.05, 4.69) is 5.32 Å². The lowest BCUT2D eigenvalue weighted by atomic mass is 10.1. The van der Waals surface area contributed by atoms with Gasteiger partial charge in [-0.1, -0.05) is 30.4 Å². The van der Waals surface area contributed by atoms with E-state index in [1.54, 1.807) is 18.2 Å². The molecule has 0 atom stereocenters. The van der Waals surface area contributed by atoms with Gasteiger partial charge in [-0.15, -0.1) is 0 Å². The first-order valence-electron chi connectivity index (χ1n) is 6.36. The standard InChI is InChI=1S/C16H19NO3/c1-4-5-6-7-16(19)20-11-15(18)17-14-10-12(2)8-9-13(14)3/h4-10H,11H2,1-3H3,(H,17,18)/b5-4+,7-6+. The van der Waals surface area contributed by atoms with Gasteiger partial charge in [0.15, 0.2) is 6.61 Å². The van der Waals surface area contributed by atoms with Crippen LogP contribution in [0.5, 0.6) is 0 Å². The molecule has 4 nitrogen and oxygen atoms in total. The van der Waals surface area contributed by atoms with Crippen LogP contribution in [0.15, 0.2) is 42.5 Å². The predicted octanol–water partition coefficient (Wildman–Crippen LogP) is 2.92. The number of nitrogens with one attached hydrogen (secondary N) is 1. The van der Waals surface area contributed by atoms with Crippen molar-refractivity contribution in [1.29, 1.82) is 0 Å². The smallest absolute Gasteiger partial charge is 0.331 e. The van der Waals surface area contributed by atoms with Gasteiger partial charge in [0.1, 0.15) is 0 Å². The molecule has 0 spiro atoms. The van der Waals surface area contributed by atoms with E-state index in [0.717, 1.165) is 16.8 Å². The van der Waals surface area contributed by atoms with E-state index in [0.29, 0.717) is 0 Å². The molecular formula is C16H19NO3. The third-order valence-electron chi connectivity index (χ3n) is 2.55. The van der Waals surface area contributed by atoms with Gasteiger partial charge in [-0.3, -0.25) is 4.79 Å². The van der Waals surface area contributed by atoms with Crippen molar-refractivity contribution >= 4 is 17.6 Å². The summed E-state index contributed by atoms with van der Waals surface area (Å²) < 4.78 is 4.82. The van der Waals surface area contributed by atoms with E-state index < -0.39 is 5.97 Å². The molecule has 106 valence electrons. The Hall–Kier alpha value is -2.36. The number of aryl methyl sites for hydroxylation is 2. The van der Waals surface area contributed by atoms with Crippen molar-refractivity contribution in [3.63, 3.8) is 0 Å². The van der Waals surface area contributed by atoms with E-state index in [1.165, 1.54) is 6.08 Å². The van der Waals surface area contributed by atoms with E-state index in [9.17, 15) is 9.59 Å². The van der Waals surface area contributed by atoms with Crippen molar-refractivity contribution in [2.24, 2.45) is 0 Å². The van der Waals surface area contributed by atoms with Gasteiger partial charge in [0, 0.05) is 11.8 Å². The van der Waals surface area contributed by atoms with E-state index in [1.807, 2.05) is 39.0 Å². The molecule has 0 aromatic heterocycles. The van der Waals surface area contributed by atoms with Crippen molar-refractivity contribution < 1.29 is 14.3 Å². The minimum absolute atomic E-state index is 0.299. The highest BCUT2D eigenvalue weighted by Crippen LogP contribution is 2.16. The van der Waals surface area contributed by atoms with Gasteiger partial charge in [0.25, 0.3) is 5.91 Å². The van der Waals surface area contributed by atoms with Crippen molar-refractivity contribution in [2.45, 2.75) is 20.8 Å². The molecule has 1 rings (SSSR count). The molecule has 0 unspecified atom stereocenters. The normalized spacial score (nSPS) is 10.9. The van der Waals surface area contributed by atoms with Crippen molar-refractivity contribution in [1.82, 2.24) is 0 Å². The van der Waals surface area contributed by atoms with Crippen molar-refractivity contribution in [2.75, 3.05) is 11.9 Å². The van der Waals surface area contributed by atoms with E-state index >= 15 is 0 Å². The second-order valence-electron chi connectivity index (χ2n) is 4.36. The Balaban J connectivity index is 2.48. The van der Waals surface area contributed by atoms with Crippen LogP contribution >= 0.6 is 0 Å². The molecule has 0 aliphatic carbocycles. The van der Waals surface area contributed by atoms with Crippen LogP contribution in [-0.4, -0.2) is 18.5 Å². The molecule has 0 aliphatic heterocycles. The van der Waals surface area contributed by atoms with Gasteiger partial charge < -0.3 is 10.1 Å². The fourth-order valence-corrected chi connectivity index (χ4v) is 1.49. The zero-order chi connectivity index (χ0) is 15.0. The number of esters is 1. The Bertz CT molecular complexity index is 545. The molecule has 0 saturated carbocycles. The fraction of sp³-hybridized carbons (Fsp3) is 0.250. The summed E-state index contributed by atoms with van der Waals surface area (Å²) in [5.41, 5.74) is 2.75. The number of carbonyl (C=O) groups excluding carboxylic acids is 2. The SMILES string of the molecule is C/C=C/C=C/C(=O)OCC(=O)Nc1cc(C)ccc1C.